The van der Waals surface area contributed by atoms with Crippen LogP contribution >= 0.6 is 0 Å². The summed E-state index contributed by atoms with van der Waals surface area (Å²) in [6, 6.07) is 7.21. The number of hydrogen-bond acceptors (Lipinski definition) is 4. The second-order valence-corrected chi connectivity index (χ2v) is 5.30. The van der Waals surface area contributed by atoms with E-state index in [1.165, 1.54) is 0 Å². The molecule has 1 saturated heterocycles. The molecule has 0 unspecified atom stereocenters. The molecule has 0 saturated carbocycles. The highest BCUT2D eigenvalue weighted by Gasteiger charge is 2.18. The monoisotopic (exact) mass is 301 g/mol. The van der Waals surface area contributed by atoms with E-state index >= 15 is 0 Å². The van der Waals surface area contributed by atoms with E-state index in [1.807, 2.05) is 12.1 Å². The van der Waals surface area contributed by atoms with Gasteiger partial charge < -0.3 is 14.8 Å². The molecule has 0 bridgehead atoms. The lowest BCUT2D eigenvalue weighted by Crippen LogP contribution is -2.19. The minimum Gasteiger partial charge on any atom is -0.490 e. The molecule has 1 aromatic carbocycles. The van der Waals surface area contributed by atoms with E-state index in [9.17, 15) is 4.79 Å². The van der Waals surface area contributed by atoms with Crippen LogP contribution < -0.4 is 10.1 Å². The predicted molar refractivity (Wildman–Crippen MR) is 82.1 cm³/mol. The third-order valence-corrected chi connectivity index (χ3v) is 3.54. The molecule has 1 N–H and O–H groups in total. The van der Waals surface area contributed by atoms with Crippen molar-refractivity contribution in [2.24, 2.45) is 7.05 Å². The Labute approximate surface area is 129 Å². The Morgan fingerprint density at radius 2 is 2.36 bits per heavy atom. The minimum absolute atomic E-state index is 0.120. The number of nitrogens with one attached hydrogen (secondary N) is 1. The largest absolute Gasteiger partial charge is 0.490 e. The Hall–Kier alpha value is -2.34. The van der Waals surface area contributed by atoms with Crippen LogP contribution in [-0.2, 0) is 11.8 Å². The molecule has 1 fully saturated rings. The summed E-state index contributed by atoms with van der Waals surface area (Å²) in [6.07, 6.45) is 5.54. The van der Waals surface area contributed by atoms with Gasteiger partial charge in [0.1, 0.15) is 12.4 Å². The van der Waals surface area contributed by atoms with Crippen LogP contribution in [0.1, 0.15) is 23.2 Å². The smallest absolute Gasteiger partial charge is 0.259 e. The fraction of sp³-hybridized carbons (Fsp3) is 0.375. The van der Waals surface area contributed by atoms with Gasteiger partial charge in [-0.3, -0.25) is 9.48 Å². The molecule has 0 radical (unpaired) electrons. The molecule has 6 nitrogen and oxygen atoms in total. The highest BCUT2D eigenvalue weighted by atomic mass is 16.5. The van der Waals surface area contributed by atoms with E-state index in [-0.39, 0.29) is 12.0 Å². The van der Waals surface area contributed by atoms with Gasteiger partial charge in [0.25, 0.3) is 5.91 Å². The van der Waals surface area contributed by atoms with Gasteiger partial charge in [-0.25, -0.2) is 0 Å². The van der Waals surface area contributed by atoms with Crippen LogP contribution in [0.25, 0.3) is 0 Å². The first-order valence-corrected chi connectivity index (χ1v) is 7.36. The van der Waals surface area contributed by atoms with Crippen LogP contribution in [0, 0.1) is 0 Å². The molecule has 116 valence electrons. The van der Waals surface area contributed by atoms with Crippen LogP contribution in [0.15, 0.2) is 36.7 Å². The summed E-state index contributed by atoms with van der Waals surface area (Å²) in [4.78, 5) is 12.4. The topological polar surface area (TPSA) is 65.4 Å². The molecular weight excluding hydrogens is 282 g/mol. The second-order valence-electron chi connectivity index (χ2n) is 5.30. The van der Waals surface area contributed by atoms with Gasteiger partial charge in [-0.15, -0.1) is 0 Å². The summed E-state index contributed by atoms with van der Waals surface area (Å²) in [5, 5.41) is 6.84. The Bertz CT molecular complexity index is 648. The first kappa shape index (κ1) is 14.6. The fourth-order valence-electron chi connectivity index (χ4n) is 2.42. The summed E-state index contributed by atoms with van der Waals surface area (Å²) in [6.45, 7) is 1.26. The van der Waals surface area contributed by atoms with Gasteiger partial charge in [-0.1, -0.05) is 12.1 Å². The van der Waals surface area contributed by atoms with Crippen LogP contribution in [0.2, 0.25) is 0 Å². The van der Waals surface area contributed by atoms with E-state index in [1.54, 1.807) is 36.3 Å². The minimum atomic E-state index is -0.212. The molecule has 2 heterocycles. The number of anilines is 1. The summed E-state index contributed by atoms with van der Waals surface area (Å²) in [5.41, 5.74) is 1.16. The Morgan fingerprint density at radius 3 is 3.09 bits per heavy atom. The van der Waals surface area contributed by atoms with Crippen molar-refractivity contribution in [2.75, 3.05) is 18.5 Å². The Kier molecular flexibility index (Phi) is 4.39. The number of carbonyl (C=O) groups excluding carboxylic acids is 1. The van der Waals surface area contributed by atoms with Crippen LogP contribution in [0.5, 0.6) is 5.75 Å². The average Bonchev–Trinajstić information content (AvgIpc) is 3.17. The Morgan fingerprint density at radius 1 is 1.50 bits per heavy atom. The molecule has 3 rings (SSSR count). The number of hydrogen-bond donors (Lipinski definition) is 1. The molecule has 1 aromatic heterocycles. The number of amides is 1. The summed E-state index contributed by atoms with van der Waals surface area (Å²) >= 11 is 0. The predicted octanol–water partition coefficient (Wildman–Crippen LogP) is 2.23. The number of nitrogens with zero attached hydrogens (tertiary/aromatic N) is 2. The first-order valence-electron chi connectivity index (χ1n) is 7.36. The number of rotatable bonds is 5. The lowest BCUT2D eigenvalue weighted by molar-refractivity contribution is 0.0673. The van der Waals surface area contributed by atoms with Crippen molar-refractivity contribution in [3.63, 3.8) is 0 Å². The third-order valence-electron chi connectivity index (χ3n) is 3.54. The summed E-state index contributed by atoms with van der Waals surface area (Å²) in [7, 11) is 1.80. The van der Waals surface area contributed by atoms with E-state index < -0.39 is 0 Å². The van der Waals surface area contributed by atoms with Gasteiger partial charge in [0, 0.05) is 19.9 Å². The van der Waals surface area contributed by atoms with Gasteiger partial charge in [0.2, 0.25) is 0 Å². The summed E-state index contributed by atoms with van der Waals surface area (Å²) in [5.74, 6) is 0.357. The molecule has 6 heteroatoms. The van der Waals surface area contributed by atoms with Crippen molar-refractivity contribution in [1.82, 2.24) is 9.78 Å². The second kappa shape index (κ2) is 6.62. The number of aromatic nitrogens is 2. The standard InChI is InChI=1S/C16H19N3O3/c1-19-10-12(9-17-19)18-16(20)14-6-2-3-7-15(14)22-11-13-5-4-8-21-13/h2-3,6-7,9-10,13H,4-5,8,11H2,1H3,(H,18,20)/t13-/m0/s1. The highest BCUT2D eigenvalue weighted by Crippen LogP contribution is 2.21. The molecule has 2 aromatic rings. The van der Waals surface area contributed by atoms with E-state index in [0.717, 1.165) is 19.4 Å². The van der Waals surface area contributed by atoms with Crippen molar-refractivity contribution in [3.8, 4) is 5.75 Å². The maximum Gasteiger partial charge on any atom is 0.259 e. The highest BCUT2D eigenvalue weighted by molar-refractivity contribution is 6.06. The summed E-state index contributed by atoms with van der Waals surface area (Å²) < 4.78 is 12.9. The SMILES string of the molecule is Cn1cc(NC(=O)c2ccccc2OC[C@@H]2CCCO2)cn1. The van der Waals surface area contributed by atoms with E-state index in [0.29, 0.717) is 23.6 Å². The molecule has 1 atom stereocenters. The van der Waals surface area contributed by atoms with Crippen LogP contribution in [0.3, 0.4) is 0 Å². The molecule has 1 aliphatic heterocycles. The van der Waals surface area contributed by atoms with Gasteiger partial charge >= 0.3 is 0 Å². The normalized spacial score (nSPS) is 17.4. The van der Waals surface area contributed by atoms with E-state index in [4.69, 9.17) is 9.47 Å². The molecular formula is C16H19N3O3. The van der Waals surface area contributed by atoms with Gasteiger partial charge in [0.15, 0.2) is 0 Å². The molecule has 1 aliphatic rings. The molecule has 22 heavy (non-hydrogen) atoms. The van der Waals surface area contributed by atoms with Crippen molar-refractivity contribution in [1.29, 1.82) is 0 Å². The maximum absolute atomic E-state index is 12.4. The zero-order valence-electron chi connectivity index (χ0n) is 12.5. The zero-order chi connectivity index (χ0) is 15.4. The van der Waals surface area contributed by atoms with Crippen LogP contribution in [0.4, 0.5) is 5.69 Å². The third kappa shape index (κ3) is 3.46. The number of aryl methyl sites for hydroxylation is 1. The van der Waals surface area contributed by atoms with Crippen molar-refractivity contribution >= 4 is 11.6 Å². The molecule has 1 amide bonds. The number of para-hydroxylation sites is 1. The number of carbonyl (C=O) groups is 1. The lowest BCUT2D eigenvalue weighted by atomic mass is 10.2. The average molecular weight is 301 g/mol. The molecule has 0 aliphatic carbocycles. The van der Waals surface area contributed by atoms with E-state index in [2.05, 4.69) is 10.4 Å². The molecule has 0 spiro atoms. The first-order chi connectivity index (χ1) is 10.7. The van der Waals surface area contributed by atoms with Gasteiger partial charge in [-0.2, -0.15) is 5.10 Å². The Balaban J connectivity index is 1.68. The lowest BCUT2D eigenvalue weighted by Gasteiger charge is -2.14. The van der Waals surface area contributed by atoms with Crippen molar-refractivity contribution in [3.05, 3.63) is 42.2 Å². The van der Waals surface area contributed by atoms with Crippen molar-refractivity contribution < 1.29 is 14.3 Å². The van der Waals surface area contributed by atoms with Crippen LogP contribution in [-0.4, -0.2) is 35.0 Å². The van der Waals surface area contributed by atoms with Crippen molar-refractivity contribution in [2.45, 2.75) is 18.9 Å². The number of benzene rings is 1. The van der Waals surface area contributed by atoms with Gasteiger partial charge in [0.05, 0.1) is 23.6 Å². The fourth-order valence-corrected chi connectivity index (χ4v) is 2.42. The zero-order valence-corrected chi connectivity index (χ0v) is 12.5. The number of ether oxygens (including phenoxy) is 2. The maximum atomic E-state index is 12.4. The van der Waals surface area contributed by atoms with Gasteiger partial charge in [-0.05, 0) is 25.0 Å². The quantitative estimate of drug-likeness (QED) is 0.919.